The molecule has 0 saturated heterocycles. The maximum atomic E-state index is 12.8. The largest absolute Gasteiger partial charge is 0.352 e. The molecule has 2 amide bonds. The van der Waals surface area contributed by atoms with Crippen LogP contribution >= 0.6 is 11.6 Å². The summed E-state index contributed by atoms with van der Waals surface area (Å²) in [6.45, 7) is 0. The standard InChI is InChI=1S/C20H22ClN3O4S/c1-29(27,28)24-17-12-14(7-10-16(17)21)19(25)23-18(20(26)22-15-8-9-15)11-13-5-3-2-4-6-13/h2-7,10,12,15,18,24H,8-9,11H2,1H3,(H,22,26)(H,23,25). The molecule has 3 N–H and O–H groups in total. The van der Waals surface area contributed by atoms with Gasteiger partial charge in [0.15, 0.2) is 0 Å². The number of amides is 2. The van der Waals surface area contributed by atoms with E-state index >= 15 is 0 Å². The van der Waals surface area contributed by atoms with Crippen LogP contribution in [-0.2, 0) is 21.2 Å². The smallest absolute Gasteiger partial charge is 0.252 e. The molecule has 1 atom stereocenters. The predicted molar refractivity (Wildman–Crippen MR) is 112 cm³/mol. The number of hydrogen-bond donors (Lipinski definition) is 3. The molecular formula is C20H22ClN3O4S. The first-order chi connectivity index (χ1) is 13.7. The van der Waals surface area contributed by atoms with Gasteiger partial charge < -0.3 is 10.6 Å². The Morgan fingerprint density at radius 3 is 2.45 bits per heavy atom. The molecule has 2 aromatic carbocycles. The van der Waals surface area contributed by atoms with E-state index in [0.717, 1.165) is 24.7 Å². The van der Waals surface area contributed by atoms with Crippen LogP contribution in [-0.4, -0.2) is 38.6 Å². The molecule has 0 aliphatic heterocycles. The number of carbonyl (C=O) groups excluding carboxylic acids is 2. The van der Waals surface area contributed by atoms with Crippen molar-refractivity contribution in [3.05, 3.63) is 64.7 Å². The van der Waals surface area contributed by atoms with Gasteiger partial charge in [-0.2, -0.15) is 0 Å². The number of nitrogens with one attached hydrogen (secondary N) is 3. The number of halogens is 1. The number of sulfonamides is 1. The van der Waals surface area contributed by atoms with Crippen LogP contribution in [0.2, 0.25) is 5.02 Å². The Morgan fingerprint density at radius 2 is 1.83 bits per heavy atom. The molecule has 29 heavy (non-hydrogen) atoms. The van der Waals surface area contributed by atoms with Gasteiger partial charge in [-0.15, -0.1) is 0 Å². The van der Waals surface area contributed by atoms with Gasteiger partial charge in [-0.1, -0.05) is 41.9 Å². The van der Waals surface area contributed by atoms with Crippen LogP contribution in [0, 0.1) is 0 Å². The molecular weight excluding hydrogens is 414 g/mol. The van der Waals surface area contributed by atoms with Gasteiger partial charge in [-0.25, -0.2) is 8.42 Å². The molecule has 9 heteroatoms. The van der Waals surface area contributed by atoms with Crippen LogP contribution in [0.25, 0.3) is 0 Å². The molecule has 1 unspecified atom stereocenters. The highest BCUT2D eigenvalue weighted by atomic mass is 35.5. The molecule has 1 saturated carbocycles. The SMILES string of the molecule is CS(=O)(=O)Nc1cc(C(=O)NC(Cc2ccccc2)C(=O)NC2CC2)ccc1Cl. The van der Waals surface area contributed by atoms with Crippen LogP contribution in [0.1, 0.15) is 28.8 Å². The summed E-state index contributed by atoms with van der Waals surface area (Å²) in [6, 6.07) is 13.1. The zero-order chi connectivity index (χ0) is 21.0. The van der Waals surface area contributed by atoms with E-state index in [0.29, 0.717) is 6.42 Å². The van der Waals surface area contributed by atoms with Gasteiger partial charge in [0.05, 0.1) is 17.0 Å². The van der Waals surface area contributed by atoms with Gasteiger partial charge in [0.1, 0.15) is 6.04 Å². The zero-order valence-corrected chi connectivity index (χ0v) is 17.4. The average Bonchev–Trinajstić information content (AvgIpc) is 3.46. The van der Waals surface area contributed by atoms with E-state index < -0.39 is 22.0 Å². The van der Waals surface area contributed by atoms with E-state index in [1.165, 1.54) is 18.2 Å². The van der Waals surface area contributed by atoms with Crippen molar-refractivity contribution >= 4 is 39.1 Å². The normalized spacial score (nSPS) is 14.7. The molecule has 7 nitrogen and oxygen atoms in total. The maximum Gasteiger partial charge on any atom is 0.252 e. The summed E-state index contributed by atoms with van der Waals surface area (Å²) in [4.78, 5) is 25.4. The highest BCUT2D eigenvalue weighted by Gasteiger charge is 2.29. The van der Waals surface area contributed by atoms with Gasteiger partial charge in [-0.3, -0.25) is 14.3 Å². The Labute approximate surface area is 174 Å². The van der Waals surface area contributed by atoms with Crippen molar-refractivity contribution in [3.8, 4) is 0 Å². The second-order valence-electron chi connectivity index (χ2n) is 7.07. The van der Waals surface area contributed by atoms with Gasteiger partial charge in [0.2, 0.25) is 15.9 Å². The Balaban J connectivity index is 1.78. The summed E-state index contributed by atoms with van der Waals surface area (Å²) in [5.41, 5.74) is 1.21. The fraction of sp³-hybridized carbons (Fsp3) is 0.300. The van der Waals surface area contributed by atoms with E-state index in [-0.39, 0.29) is 28.2 Å². The summed E-state index contributed by atoms with van der Waals surface area (Å²) in [5.74, 6) is -0.738. The van der Waals surface area contributed by atoms with Crippen molar-refractivity contribution in [2.45, 2.75) is 31.3 Å². The molecule has 0 heterocycles. The third-order valence-corrected chi connectivity index (χ3v) is 5.27. The Morgan fingerprint density at radius 1 is 1.14 bits per heavy atom. The lowest BCUT2D eigenvalue weighted by Gasteiger charge is -2.19. The zero-order valence-electron chi connectivity index (χ0n) is 15.8. The Hall–Kier alpha value is -2.58. The van der Waals surface area contributed by atoms with E-state index in [9.17, 15) is 18.0 Å². The second-order valence-corrected chi connectivity index (χ2v) is 9.22. The molecule has 0 aromatic heterocycles. The summed E-state index contributed by atoms with van der Waals surface area (Å²) in [6.07, 6.45) is 3.21. The fourth-order valence-corrected chi connectivity index (χ4v) is 3.56. The van der Waals surface area contributed by atoms with Crippen molar-refractivity contribution in [1.29, 1.82) is 0 Å². The van der Waals surface area contributed by atoms with Gasteiger partial charge in [0, 0.05) is 18.0 Å². The number of carbonyl (C=O) groups is 2. The highest BCUT2D eigenvalue weighted by Crippen LogP contribution is 2.24. The van der Waals surface area contributed by atoms with Crippen LogP contribution < -0.4 is 15.4 Å². The van der Waals surface area contributed by atoms with Crippen molar-refractivity contribution in [3.63, 3.8) is 0 Å². The predicted octanol–water partition coefficient (Wildman–Crippen LogP) is 2.33. The molecule has 154 valence electrons. The van der Waals surface area contributed by atoms with Crippen LogP contribution in [0.15, 0.2) is 48.5 Å². The first-order valence-electron chi connectivity index (χ1n) is 9.14. The molecule has 1 aliphatic rings. The lowest BCUT2D eigenvalue weighted by molar-refractivity contribution is -0.123. The third-order valence-electron chi connectivity index (χ3n) is 4.35. The molecule has 3 rings (SSSR count). The minimum absolute atomic E-state index is 0.101. The third kappa shape index (κ3) is 6.47. The quantitative estimate of drug-likeness (QED) is 0.591. The monoisotopic (exact) mass is 435 g/mol. The second kappa shape index (κ2) is 8.84. The summed E-state index contributed by atoms with van der Waals surface area (Å²) in [5, 5.41) is 5.84. The first-order valence-corrected chi connectivity index (χ1v) is 11.4. The van der Waals surface area contributed by atoms with Crippen LogP contribution in [0.4, 0.5) is 5.69 Å². The van der Waals surface area contributed by atoms with Crippen molar-refractivity contribution < 1.29 is 18.0 Å². The average molecular weight is 436 g/mol. The molecule has 1 aliphatic carbocycles. The Bertz CT molecular complexity index is 1010. The first kappa shape index (κ1) is 21.1. The van der Waals surface area contributed by atoms with Crippen molar-refractivity contribution in [1.82, 2.24) is 10.6 Å². The van der Waals surface area contributed by atoms with Gasteiger partial charge in [0.25, 0.3) is 5.91 Å². The van der Waals surface area contributed by atoms with Crippen molar-refractivity contribution in [2.24, 2.45) is 0 Å². The summed E-state index contributed by atoms with van der Waals surface area (Å²) < 4.78 is 25.3. The number of anilines is 1. The molecule has 2 aromatic rings. The van der Waals surface area contributed by atoms with Crippen molar-refractivity contribution in [2.75, 3.05) is 11.0 Å². The van der Waals surface area contributed by atoms with E-state index in [4.69, 9.17) is 11.6 Å². The van der Waals surface area contributed by atoms with Crippen LogP contribution in [0.5, 0.6) is 0 Å². The lowest BCUT2D eigenvalue weighted by Crippen LogP contribution is -2.48. The van der Waals surface area contributed by atoms with E-state index in [1.54, 1.807) is 0 Å². The fourth-order valence-electron chi connectivity index (χ4n) is 2.77. The minimum atomic E-state index is -3.56. The molecule has 1 fully saturated rings. The highest BCUT2D eigenvalue weighted by molar-refractivity contribution is 7.92. The number of benzene rings is 2. The van der Waals surface area contributed by atoms with E-state index in [2.05, 4.69) is 15.4 Å². The van der Waals surface area contributed by atoms with Gasteiger partial charge >= 0.3 is 0 Å². The van der Waals surface area contributed by atoms with Crippen LogP contribution in [0.3, 0.4) is 0 Å². The number of rotatable bonds is 8. The summed E-state index contributed by atoms with van der Waals surface area (Å²) in [7, 11) is -3.56. The summed E-state index contributed by atoms with van der Waals surface area (Å²) >= 11 is 6.01. The molecule has 0 spiro atoms. The Kier molecular flexibility index (Phi) is 6.44. The maximum absolute atomic E-state index is 12.8. The molecule has 0 radical (unpaired) electrons. The van der Waals surface area contributed by atoms with E-state index in [1.807, 2.05) is 30.3 Å². The minimum Gasteiger partial charge on any atom is -0.352 e. The number of hydrogen-bond acceptors (Lipinski definition) is 4. The molecule has 0 bridgehead atoms. The van der Waals surface area contributed by atoms with Gasteiger partial charge in [-0.05, 0) is 36.6 Å². The lowest BCUT2D eigenvalue weighted by atomic mass is 10.0. The topological polar surface area (TPSA) is 104 Å².